The monoisotopic (exact) mass is 260 g/mol. The zero-order valence-electron chi connectivity index (χ0n) is 12.7. The molecule has 0 bridgehead atoms. The molecule has 0 saturated heterocycles. The van der Waals surface area contributed by atoms with Gasteiger partial charge in [-0.05, 0) is 30.8 Å². The highest BCUT2D eigenvalue weighted by molar-refractivity contribution is 6.37. The van der Waals surface area contributed by atoms with Gasteiger partial charge in [-0.3, -0.25) is 0 Å². The molecule has 1 nitrogen and oxygen atoms in total. The van der Waals surface area contributed by atoms with Crippen LogP contribution in [0.5, 0.6) is 0 Å². The fraction of sp³-hybridized carbons (Fsp3) is 0.941. The molecule has 2 heteroatoms. The molecule has 107 valence electrons. The third kappa shape index (κ3) is 6.63. The van der Waals surface area contributed by atoms with E-state index in [1.165, 1.54) is 89.9 Å². The van der Waals surface area contributed by atoms with Gasteiger partial charge in [0.05, 0.1) is 0 Å². The van der Waals surface area contributed by atoms with E-state index in [-0.39, 0.29) is 0 Å². The third-order valence-electron chi connectivity index (χ3n) is 4.89. The molecule has 0 unspecified atom stereocenters. The lowest BCUT2D eigenvalue weighted by Crippen LogP contribution is -2.09. The fourth-order valence-electron chi connectivity index (χ4n) is 3.57. The molecule has 0 amide bonds. The van der Waals surface area contributed by atoms with Crippen molar-refractivity contribution in [2.24, 2.45) is 10.8 Å². The maximum Gasteiger partial charge on any atom is 0.277 e. The molecular weight excluding hydrogens is 229 g/mol. The van der Waals surface area contributed by atoms with Crippen molar-refractivity contribution in [1.82, 2.24) is 0 Å². The average Bonchev–Trinajstić information content (AvgIpc) is 2.33. The summed E-state index contributed by atoms with van der Waals surface area (Å²) < 4.78 is 0. The first kappa shape index (κ1) is 15.1. The third-order valence-corrected chi connectivity index (χ3v) is 4.89. The van der Waals surface area contributed by atoms with E-state index in [2.05, 4.69) is 13.6 Å². The van der Waals surface area contributed by atoms with Crippen molar-refractivity contribution >= 4 is 13.6 Å². The zero-order chi connectivity index (χ0) is 13.2. The first-order valence-electron chi connectivity index (χ1n) is 8.82. The summed E-state index contributed by atoms with van der Waals surface area (Å²) in [4.78, 5) is 4.71. The van der Waals surface area contributed by atoms with E-state index in [9.17, 15) is 0 Å². The molecule has 19 heavy (non-hydrogen) atoms. The van der Waals surface area contributed by atoms with Crippen molar-refractivity contribution in [3.05, 3.63) is 0 Å². The maximum atomic E-state index is 4.71. The first-order valence-corrected chi connectivity index (χ1v) is 8.82. The van der Waals surface area contributed by atoms with Gasteiger partial charge in [0.15, 0.2) is 0 Å². The minimum absolute atomic E-state index is 0.769. The summed E-state index contributed by atoms with van der Waals surface area (Å²) in [6, 6.07) is 0. The average molecular weight is 260 g/mol. The molecule has 0 N–H and O–H groups in total. The molecule has 0 heterocycles. The quantitative estimate of drug-likeness (QED) is 0.464. The Hall–Kier alpha value is -0.265. The Bertz CT molecular complexity index is 236. The van der Waals surface area contributed by atoms with Crippen molar-refractivity contribution in [2.75, 3.05) is 0 Å². The Kier molecular flexibility index (Phi) is 7.65. The Labute approximate surface area is 120 Å². The van der Waals surface area contributed by atoms with Crippen LogP contribution in [0.15, 0.2) is 4.90 Å². The van der Waals surface area contributed by atoms with E-state index in [1.54, 1.807) is 0 Å². The van der Waals surface area contributed by atoms with Gasteiger partial charge in [-0.1, -0.05) is 77.0 Å². The highest BCUT2D eigenvalue weighted by atomic mass is 14.6. The van der Waals surface area contributed by atoms with Crippen LogP contribution in [-0.2, 0) is 0 Å². The maximum absolute atomic E-state index is 4.71. The van der Waals surface area contributed by atoms with E-state index in [0.717, 1.165) is 11.7 Å². The number of hydrogen-bond acceptors (Lipinski definition) is 1. The molecule has 2 aliphatic rings. The van der Waals surface area contributed by atoms with Gasteiger partial charge in [0.25, 0.3) is 7.41 Å². The van der Waals surface area contributed by atoms with E-state index in [0.29, 0.717) is 0 Å². The Balaban J connectivity index is 1.68. The van der Waals surface area contributed by atoms with Gasteiger partial charge in [0.1, 0.15) is 0 Å². The lowest BCUT2D eigenvalue weighted by molar-refractivity contribution is 0.457. The second kappa shape index (κ2) is 9.61. The van der Waals surface area contributed by atoms with E-state index in [1.807, 2.05) is 0 Å². The Morgan fingerprint density at radius 1 is 0.632 bits per heavy atom. The first-order chi connectivity index (χ1) is 9.45. The summed E-state index contributed by atoms with van der Waals surface area (Å²) in [6.07, 6.45) is 22.1. The van der Waals surface area contributed by atoms with Gasteiger partial charge in [-0.2, -0.15) is 0 Å². The molecule has 0 aromatic rings. The topological polar surface area (TPSA) is 12.4 Å². The highest BCUT2D eigenvalue weighted by Gasteiger charge is 2.13. The molecule has 2 saturated carbocycles. The second-order valence-electron chi connectivity index (χ2n) is 6.66. The Morgan fingerprint density at radius 3 is 1.68 bits per heavy atom. The van der Waals surface area contributed by atoms with E-state index >= 15 is 0 Å². The van der Waals surface area contributed by atoms with Crippen LogP contribution in [-0.4, -0.2) is 13.6 Å². The molecule has 2 aliphatic carbocycles. The largest absolute Gasteiger partial charge is 0.359 e. The molecule has 1 radical (unpaired) electrons. The number of rotatable bonds is 3. The molecule has 0 spiro atoms. The van der Waals surface area contributed by atoms with Gasteiger partial charge >= 0.3 is 0 Å². The molecule has 0 atom stereocenters. The lowest BCUT2D eigenvalue weighted by Gasteiger charge is -2.18. The predicted octanol–water partition coefficient (Wildman–Crippen LogP) is 5.57. The SMILES string of the molecule is [B](N=CC1CCCCCCC1)C1CCCCCCC1. The van der Waals surface area contributed by atoms with E-state index < -0.39 is 0 Å². The number of nitrogens with zero attached hydrogens (tertiary/aromatic N) is 1. The van der Waals surface area contributed by atoms with Crippen LogP contribution in [0, 0.1) is 5.92 Å². The minimum atomic E-state index is 0.769. The summed E-state index contributed by atoms with van der Waals surface area (Å²) >= 11 is 0. The molecule has 0 aliphatic heterocycles. The van der Waals surface area contributed by atoms with E-state index in [4.69, 9.17) is 4.90 Å². The van der Waals surface area contributed by atoms with Crippen LogP contribution in [0.2, 0.25) is 5.82 Å². The highest BCUT2D eigenvalue weighted by Crippen LogP contribution is 2.26. The van der Waals surface area contributed by atoms with Crippen molar-refractivity contribution in [1.29, 1.82) is 0 Å². The van der Waals surface area contributed by atoms with Crippen LogP contribution in [0.25, 0.3) is 0 Å². The summed E-state index contributed by atoms with van der Waals surface area (Å²) in [7, 11) is 2.28. The lowest BCUT2D eigenvalue weighted by atomic mass is 9.69. The van der Waals surface area contributed by atoms with Gasteiger partial charge in [0.2, 0.25) is 0 Å². The summed E-state index contributed by atoms with van der Waals surface area (Å²) in [5.74, 6) is 1.54. The van der Waals surface area contributed by atoms with Crippen molar-refractivity contribution in [3.8, 4) is 0 Å². The van der Waals surface area contributed by atoms with Crippen LogP contribution < -0.4 is 0 Å². The normalized spacial score (nSPS) is 25.5. The summed E-state index contributed by atoms with van der Waals surface area (Å²) in [5.41, 5.74) is 0. The van der Waals surface area contributed by atoms with Crippen molar-refractivity contribution in [3.63, 3.8) is 0 Å². The van der Waals surface area contributed by atoms with Crippen LogP contribution in [0.1, 0.15) is 89.9 Å². The number of hydrogen-bond donors (Lipinski definition) is 0. The van der Waals surface area contributed by atoms with Gasteiger partial charge in [-0.25, -0.2) is 0 Å². The minimum Gasteiger partial charge on any atom is -0.359 e. The summed E-state index contributed by atoms with van der Waals surface area (Å²) in [6.45, 7) is 0. The molecular formula is C17H31BN. The fourth-order valence-corrected chi connectivity index (χ4v) is 3.57. The summed E-state index contributed by atoms with van der Waals surface area (Å²) in [5, 5.41) is 0. The Morgan fingerprint density at radius 2 is 1.11 bits per heavy atom. The van der Waals surface area contributed by atoms with Crippen LogP contribution in [0.3, 0.4) is 0 Å². The van der Waals surface area contributed by atoms with Gasteiger partial charge in [-0.15, -0.1) is 0 Å². The smallest absolute Gasteiger partial charge is 0.277 e. The van der Waals surface area contributed by atoms with Crippen molar-refractivity contribution in [2.45, 2.75) is 95.7 Å². The van der Waals surface area contributed by atoms with Crippen molar-refractivity contribution < 1.29 is 0 Å². The van der Waals surface area contributed by atoms with Crippen LogP contribution >= 0.6 is 0 Å². The predicted molar refractivity (Wildman–Crippen MR) is 86.1 cm³/mol. The molecule has 2 fully saturated rings. The molecule has 0 aromatic carbocycles. The van der Waals surface area contributed by atoms with Crippen LogP contribution in [0.4, 0.5) is 0 Å². The zero-order valence-corrected chi connectivity index (χ0v) is 12.7. The van der Waals surface area contributed by atoms with Gasteiger partial charge in [0, 0.05) is 0 Å². The molecule has 0 aromatic heterocycles. The van der Waals surface area contributed by atoms with Gasteiger partial charge < -0.3 is 4.90 Å². The second-order valence-corrected chi connectivity index (χ2v) is 6.66. The molecule has 2 rings (SSSR count). The standard InChI is InChI=1S/C17H31BN/c1-3-7-11-16(12-8-4-1)15-19-18-17-13-9-5-2-6-10-14-17/h15-17H,1-14H2.